The van der Waals surface area contributed by atoms with Gasteiger partial charge in [-0.2, -0.15) is 0 Å². The van der Waals surface area contributed by atoms with E-state index >= 15 is 0 Å². The highest BCUT2D eigenvalue weighted by atomic mass is 32.1. The minimum Gasteiger partial charge on any atom is -0.472 e. The van der Waals surface area contributed by atoms with Crippen molar-refractivity contribution in [3.8, 4) is 0 Å². The van der Waals surface area contributed by atoms with Crippen molar-refractivity contribution in [1.82, 2.24) is 4.90 Å². The fourth-order valence-corrected chi connectivity index (χ4v) is 4.40. The highest BCUT2D eigenvalue weighted by molar-refractivity contribution is 7.10. The molecule has 2 aromatic heterocycles. The number of furan rings is 1. The quantitative estimate of drug-likeness (QED) is 0.623. The highest BCUT2D eigenvalue weighted by Gasteiger charge is 2.31. The molecule has 3 heterocycles. The van der Waals surface area contributed by atoms with Gasteiger partial charge in [-0.1, -0.05) is 12.1 Å². The van der Waals surface area contributed by atoms with Gasteiger partial charge in [-0.3, -0.25) is 4.79 Å². The minimum atomic E-state index is -0.0438. The van der Waals surface area contributed by atoms with Crippen molar-refractivity contribution in [3.63, 3.8) is 0 Å². The number of thiophene rings is 1. The summed E-state index contributed by atoms with van der Waals surface area (Å²) in [6.07, 6.45) is 7.60. The van der Waals surface area contributed by atoms with Crippen LogP contribution in [0.5, 0.6) is 0 Å². The highest BCUT2D eigenvalue weighted by Crippen LogP contribution is 2.38. The Labute approximate surface area is 163 Å². The first kappa shape index (κ1) is 17.6. The average molecular weight is 378 g/mol. The molecule has 0 aliphatic carbocycles. The fraction of sp³-hybridized carbons (Fsp3) is 0.227. The van der Waals surface area contributed by atoms with E-state index in [1.807, 2.05) is 25.1 Å². The molecule has 0 fully saturated rings. The molecule has 1 unspecified atom stereocenters. The third kappa shape index (κ3) is 3.55. The molecule has 4 rings (SSSR count). The Morgan fingerprint density at radius 3 is 2.74 bits per heavy atom. The van der Waals surface area contributed by atoms with Gasteiger partial charge in [0.25, 0.3) is 0 Å². The summed E-state index contributed by atoms with van der Waals surface area (Å²) in [6.45, 7) is 0.724. The van der Waals surface area contributed by atoms with E-state index in [1.165, 1.54) is 10.4 Å². The molecule has 0 radical (unpaired) electrons. The van der Waals surface area contributed by atoms with Crippen LogP contribution in [-0.2, 0) is 11.2 Å². The summed E-state index contributed by atoms with van der Waals surface area (Å²) in [6, 6.07) is 12.4. The average Bonchev–Trinajstić information content (AvgIpc) is 3.36. The van der Waals surface area contributed by atoms with E-state index in [0.717, 1.165) is 29.8 Å². The van der Waals surface area contributed by atoms with Gasteiger partial charge in [-0.15, -0.1) is 11.3 Å². The van der Waals surface area contributed by atoms with Gasteiger partial charge in [0, 0.05) is 42.8 Å². The lowest BCUT2D eigenvalue weighted by atomic mass is 9.93. The monoisotopic (exact) mass is 378 g/mol. The smallest absolute Gasteiger partial charge is 0.247 e. The number of benzene rings is 1. The van der Waals surface area contributed by atoms with Crippen molar-refractivity contribution in [2.24, 2.45) is 0 Å². The lowest BCUT2D eigenvalue weighted by Crippen LogP contribution is -2.39. The van der Waals surface area contributed by atoms with Crippen LogP contribution in [0, 0.1) is 0 Å². The van der Waals surface area contributed by atoms with Crippen LogP contribution in [-0.4, -0.2) is 31.4 Å². The molecule has 1 amide bonds. The Bertz CT molecular complexity index is 939. The molecule has 1 aromatic carbocycles. The zero-order valence-corrected chi connectivity index (χ0v) is 16.3. The Balaban J connectivity index is 1.66. The predicted molar refractivity (Wildman–Crippen MR) is 110 cm³/mol. The molecule has 0 N–H and O–H groups in total. The Morgan fingerprint density at radius 2 is 2.04 bits per heavy atom. The van der Waals surface area contributed by atoms with Crippen molar-refractivity contribution in [2.75, 3.05) is 25.5 Å². The van der Waals surface area contributed by atoms with E-state index in [9.17, 15) is 4.79 Å². The number of hydrogen-bond acceptors (Lipinski definition) is 4. The van der Waals surface area contributed by atoms with Crippen LogP contribution in [0.2, 0.25) is 0 Å². The standard InChI is InChI=1S/C22H22N2O2S/c1-23(2)18-6-4-17(5-7-18)22-19-11-14-27-20(19)9-12-24(22)21(25)8-3-16-10-13-26-15-16/h3-8,10-11,13-15,22H,9,12H2,1-2H3/b8-3+. The van der Waals surface area contributed by atoms with Crippen molar-refractivity contribution >= 4 is 29.0 Å². The molecule has 0 saturated heterocycles. The molecule has 1 aliphatic heterocycles. The molecular formula is C22H22N2O2S. The molecule has 0 bridgehead atoms. The first-order valence-electron chi connectivity index (χ1n) is 8.98. The zero-order chi connectivity index (χ0) is 18.8. The van der Waals surface area contributed by atoms with Gasteiger partial charge in [0.2, 0.25) is 5.91 Å². The first-order chi connectivity index (χ1) is 13.1. The van der Waals surface area contributed by atoms with E-state index in [1.54, 1.807) is 36.0 Å². The Kier molecular flexibility index (Phi) is 4.86. The van der Waals surface area contributed by atoms with Gasteiger partial charge in [0.05, 0.1) is 18.6 Å². The van der Waals surface area contributed by atoms with Gasteiger partial charge in [-0.25, -0.2) is 0 Å². The molecule has 27 heavy (non-hydrogen) atoms. The predicted octanol–water partition coefficient (Wildman–Crippen LogP) is 4.59. The third-order valence-corrected chi connectivity index (χ3v) is 5.93. The van der Waals surface area contributed by atoms with Crippen molar-refractivity contribution in [2.45, 2.75) is 12.5 Å². The number of rotatable bonds is 4. The summed E-state index contributed by atoms with van der Waals surface area (Å²) >= 11 is 1.78. The molecule has 0 spiro atoms. The molecule has 1 atom stereocenters. The lowest BCUT2D eigenvalue weighted by Gasteiger charge is -2.36. The second-order valence-electron chi connectivity index (χ2n) is 6.86. The van der Waals surface area contributed by atoms with Crippen molar-refractivity contribution in [1.29, 1.82) is 0 Å². The Hall–Kier alpha value is -2.79. The molecule has 5 heteroatoms. The summed E-state index contributed by atoms with van der Waals surface area (Å²) in [5.41, 5.74) is 4.43. The van der Waals surface area contributed by atoms with Crippen LogP contribution < -0.4 is 4.90 Å². The number of fused-ring (bicyclic) bond motifs is 1. The molecule has 138 valence electrons. The van der Waals surface area contributed by atoms with Gasteiger partial charge in [0.15, 0.2) is 0 Å². The number of nitrogens with zero attached hydrogens (tertiary/aromatic N) is 2. The lowest BCUT2D eigenvalue weighted by molar-refractivity contribution is -0.127. The van der Waals surface area contributed by atoms with Crippen molar-refractivity contribution < 1.29 is 9.21 Å². The number of amides is 1. The molecule has 3 aromatic rings. The second kappa shape index (κ2) is 7.45. The van der Waals surface area contributed by atoms with E-state index in [0.29, 0.717) is 0 Å². The minimum absolute atomic E-state index is 0.0229. The zero-order valence-electron chi connectivity index (χ0n) is 15.5. The maximum absolute atomic E-state index is 13.0. The Morgan fingerprint density at radius 1 is 1.22 bits per heavy atom. The maximum atomic E-state index is 13.0. The van der Waals surface area contributed by atoms with E-state index in [2.05, 4.69) is 40.6 Å². The van der Waals surface area contributed by atoms with Crippen LogP contribution in [0.25, 0.3) is 6.08 Å². The number of hydrogen-bond donors (Lipinski definition) is 0. The normalized spacial score (nSPS) is 16.5. The molecule has 1 aliphatic rings. The summed E-state index contributed by atoms with van der Waals surface area (Å²) in [7, 11) is 4.06. The second-order valence-corrected chi connectivity index (χ2v) is 7.86. The fourth-order valence-electron chi connectivity index (χ4n) is 3.50. The van der Waals surface area contributed by atoms with Crippen LogP contribution in [0.1, 0.15) is 27.6 Å². The summed E-state index contributed by atoms with van der Waals surface area (Å²) < 4.78 is 5.07. The number of carbonyl (C=O) groups excluding carboxylic acids is 1. The van der Waals surface area contributed by atoms with Crippen molar-refractivity contribution in [3.05, 3.63) is 81.9 Å². The van der Waals surface area contributed by atoms with Crippen LogP contribution in [0.3, 0.4) is 0 Å². The van der Waals surface area contributed by atoms with Crippen LogP contribution in [0.15, 0.2) is 64.8 Å². The van der Waals surface area contributed by atoms with Gasteiger partial charge < -0.3 is 14.2 Å². The summed E-state index contributed by atoms with van der Waals surface area (Å²) in [5.74, 6) is 0.0229. The largest absolute Gasteiger partial charge is 0.472 e. The van der Waals surface area contributed by atoms with Crippen LogP contribution in [0.4, 0.5) is 5.69 Å². The number of anilines is 1. The van der Waals surface area contributed by atoms with Gasteiger partial charge in [0.1, 0.15) is 0 Å². The van der Waals surface area contributed by atoms with E-state index < -0.39 is 0 Å². The number of carbonyl (C=O) groups is 1. The van der Waals surface area contributed by atoms with Gasteiger partial charge >= 0.3 is 0 Å². The van der Waals surface area contributed by atoms with Crippen LogP contribution >= 0.6 is 11.3 Å². The topological polar surface area (TPSA) is 36.7 Å². The van der Waals surface area contributed by atoms with E-state index in [-0.39, 0.29) is 11.9 Å². The molecule has 4 nitrogen and oxygen atoms in total. The molecule has 0 saturated carbocycles. The molecular weight excluding hydrogens is 356 g/mol. The SMILES string of the molecule is CN(C)c1ccc(C2c3ccsc3CCN2C(=O)/C=C/c2ccoc2)cc1. The third-order valence-electron chi connectivity index (χ3n) is 4.94. The maximum Gasteiger partial charge on any atom is 0.247 e. The van der Waals surface area contributed by atoms with Gasteiger partial charge in [-0.05, 0) is 53.3 Å². The summed E-state index contributed by atoms with van der Waals surface area (Å²) in [4.78, 5) is 18.4. The summed E-state index contributed by atoms with van der Waals surface area (Å²) in [5, 5.41) is 2.13. The van der Waals surface area contributed by atoms with E-state index in [4.69, 9.17) is 4.42 Å². The first-order valence-corrected chi connectivity index (χ1v) is 9.86.